The van der Waals surface area contributed by atoms with Crippen molar-refractivity contribution in [3.05, 3.63) is 35.9 Å². The SMILES string of the molecule is Cc1cc(N2CCC[C@@H]2C)nc2ccccc12.Cl. The Morgan fingerprint density at radius 2 is 2.06 bits per heavy atom. The molecule has 18 heavy (non-hydrogen) atoms. The van der Waals surface area contributed by atoms with Crippen LogP contribution in [0, 0.1) is 6.92 Å². The number of hydrogen-bond acceptors (Lipinski definition) is 2. The van der Waals surface area contributed by atoms with Crippen molar-refractivity contribution in [2.75, 3.05) is 11.4 Å². The maximum absolute atomic E-state index is 4.79. The predicted octanol–water partition coefficient (Wildman–Crippen LogP) is 3.95. The summed E-state index contributed by atoms with van der Waals surface area (Å²) < 4.78 is 0. The lowest BCUT2D eigenvalue weighted by Crippen LogP contribution is -2.27. The number of nitrogens with zero attached hydrogens (tertiary/aromatic N) is 2. The molecule has 1 atom stereocenters. The highest BCUT2D eigenvalue weighted by molar-refractivity contribution is 5.85. The Morgan fingerprint density at radius 1 is 1.28 bits per heavy atom. The number of aryl methyl sites for hydroxylation is 1. The summed E-state index contributed by atoms with van der Waals surface area (Å²) in [5.74, 6) is 1.14. The predicted molar refractivity (Wildman–Crippen MR) is 79.8 cm³/mol. The number of anilines is 1. The molecule has 1 aliphatic rings. The van der Waals surface area contributed by atoms with E-state index in [2.05, 4.69) is 49.1 Å². The van der Waals surface area contributed by atoms with Crippen molar-refractivity contribution in [3.8, 4) is 0 Å². The van der Waals surface area contributed by atoms with Crippen molar-refractivity contribution in [2.24, 2.45) is 0 Å². The van der Waals surface area contributed by atoms with Crippen molar-refractivity contribution < 1.29 is 0 Å². The van der Waals surface area contributed by atoms with Crippen LogP contribution in [-0.2, 0) is 0 Å². The van der Waals surface area contributed by atoms with Crippen LogP contribution < -0.4 is 4.90 Å². The van der Waals surface area contributed by atoms with Crippen LogP contribution in [0.2, 0.25) is 0 Å². The molecule has 3 heteroatoms. The molecule has 1 aromatic carbocycles. The average molecular weight is 263 g/mol. The molecule has 1 fully saturated rings. The molecule has 2 aromatic rings. The number of para-hydroxylation sites is 1. The van der Waals surface area contributed by atoms with Crippen molar-refractivity contribution in [1.82, 2.24) is 4.98 Å². The van der Waals surface area contributed by atoms with Gasteiger partial charge < -0.3 is 4.90 Å². The number of halogens is 1. The summed E-state index contributed by atoms with van der Waals surface area (Å²) in [4.78, 5) is 7.22. The van der Waals surface area contributed by atoms with Crippen LogP contribution in [0.3, 0.4) is 0 Å². The largest absolute Gasteiger partial charge is 0.354 e. The Bertz CT molecular complexity index is 553. The van der Waals surface area contributed by atoms with Crippen LogP contribution >= 0.6 is 12.4 Å². The van der Waals surface area contributed by atoms with Gasteiger partial charge in [0.15, 0.2) is 0 Å². The maximum atomic E-state index is 4.79. The lowest BCUT2D eigenvalue weighted by molar-refractivity contribution is 0.728. The topological polar surface area (TPSA) is 16.1 Å². The minimum atomic E-state index is 0. The lowest BCUT2D eigenvalue weighted by Gasteiger charge is -2.23. The molecule has 0 bridgehead atoms. The van der Waals surface area contributed by atoms with E-state index in [-0.39, 0.29) is 12.4 Å². The van der Waals surface area contributed by atoms with Gasteiger partial charge in [-0.05, 0) is 44.4 Å². The van der Waals surface area contributed by atoms with Gasteiger partial charge in [0.1, 0.15) is 5.82 Å². The Morgan fingerprint density at radius 3 is 2.78 bits per heavy atom. The van der Waals surface area contributed by atoms with E-state index in [1.54, 1.807) is 0 Å². The van der Waals surface area contributed by atoms with Crippen LogP contribution in [0.15, 0.2) is 30.3 Å². The fourth-order valence-electron chi connectivity index (χ4n) is 2.75. The van der Waals surface area contributed by atoms with E-state index < -0.39 is 0 Å². The zero-order valence-electron chi connectivity index (χ0n) is 10.9. The zero-order valence-corrected chi connectivity index (χ0v) is 11.7. The van der Waals surface area contributed by atoms with E-state index in [1.165, 1.54) is 23.8 Å². The second-order valence-corrected chi connectivity index (χ2v) is 5.00. The maximum Gasteiger partial charge on any atom is 0.129 e. The molecule has 1 aliphatic heterocycles. The summed E-state index contributed by atoms with van der Waals surface area (Å²) in [6.45, 7) is 5.61. The summed E-state index contributed by atoms with van der Waals surface area (Å²) >= 11 is 0. The second kappa shape index (κ2) is 5.15. The van der Waals surface area contributed by atoms with Crippen LogP contribution in [0.5, 0.6) is 0 Å². The highest BCUT2D eigenvalue weighted by Gasteiger charge is 2.21. The van der Waals surface area contributed by atoms with Crippen LogP contribution in [-0.4, -0.2) is 17.6 Å². The first-order valence-corrected chi connectivity index (χ1v) is 6.39. The van der Waals surface area contributed by atoms with Crippen molar-refractivity contribution in [2.45, 2.75) is 32.7 Å². The molecule has 0 aliphatic carbocycles. The van der Waals surface area contributed by atoms with Crippen LogP contribution in [0.4, 0.5) is 5.82 Å². The summed E-state index contributed by atoms with van der Waals surface area (Å²) in [5.41, 5.74) is 2.44. The van der Waals surface area contributed by atoms with Gasteiger partial charge in [0.2, 0.25) is 0 Å². The Hall–Kier alpha value is -1.28. The highest BCUT2D eigenvalue weighted by atomic mass is 35.5. The van der Waals surface area contributed by atoms with Gasteiger partial charge in [-0.15, -0.1) is 12.4 Å². The molecule has 3 rings (SSSR count). The van der Waals surface area contributed by atoms with E-state index in [9.17, 15) is 0 Å². The molecule has 1 aromatic heterocycles. The molecule has 2 heterocycles. The number of benzene rings is 1. The monoisotopic (exact) mass is 262 g/mol. The normalized spacial score (nSPS) is 19.0. The van der Waals surface area contributed by atoms with E-state index >= 15 is 0 Å². The first-order chi connectivity index (χ1) is 8.25. The van der Waals surface area contributed by atoms with Gasteiger partial charge in [-0.25, -0.2) is 4.98 Å². The van der Waals surface area contributed by atoms with Crippen molar-refractivity contribution >= 4 is 29.1 Å². The standard InChI is InChI=1S/C15H18N2.ClH/c1-11-10-15(17-9-5-6-12(17)2)16-14-8-4-3-7-13(11)14;/h3-4,7-8,10,12H,5-6,9H2,1-2H3;1H/t12-;/m0./s1. The highest BCUT2D eigenvalue weighted by Crippen LogP contribution is 2.27. The minimum absolute atomic E-state index is 0. The van der Waals surface area contributed by atoms with E-state index in [1.807, 2.05) is 0 Å². The number of hydrogen-bond donors (Lipinski definition) is 0. The van der Waals surface area contributed by atoms with Gasteiger partial charge in [-0.3, -0.25) is 0 Å². The first-order valence-electron chi connectivity index (χ1n) is 6.39. The summed E-state index contributed by atoms with van der Waals surface area (Å²) in [7, 11) is 0. The van der Waals surface area contributed by atoms with Gasteiger partial charge in [-0.2, -0.15) is 0 Å². The third-order valence-electron chi connectivity index (χ3n) is 3.76. The van der Waals surface area contributed by atoms with E-state index in [0.29, 0.717) is 6.04 Å². The van der Waals surface area contributed by atoms with Crippen LogP contribution in [0.1, 0.15) is 25.3 Å². The van der Waals surface area contributed by atoms with Crippen molar-refractivity contribution in [1.29, 1.82) is 0 Å². The molecular weight excluding hydrogens is 244 g/mol. The van der Waals surface area contributed by atoms with Crippen LogP contribution in [0.25, 0.3) is 10.9 Å². The number of rotatable bonds is 1. The van der Waals surface area contributed by atoms with Crippen molar-refractivity contribution in [3.63, 3.8) is 0 Å². The quantitative estimate of drug-likeness (QED) is 0.774. The smallest absolute Gasteiger partial charge is 0.129 e. The Kier molecular flexibility index (Phi) is 3.76. The molecular formula is C15H19ClN2. The Labute approximate surface area is 114 Å². The summed E-state index contributed by atoms with van der Waals surface area (Å²) in [6, 6.07) is 11.2. The van der Waals surface area contributed by atoms with Gasteiger partial charge in [0, 0.05) is 18.0 Å². The van der Waals surface area contributed by atoms with Gasteiger partial charge in [0.25, 0.3) is 0 Å². The van der Waals surface area contributed by atoms with Gasteiger partial charge >= 0.3 is 0 Å². The number of fused-ring (bicyclic) bond motifs is 1. The summed E-state index contributed by atoms with van der Waals surface area (Å²) in [6.07, 6.45) is 2.57. The molecule has 1 saturated heterocycles. The minimum Gasteiger partial charge on any atom is -0.354 e. The van der Waals surface area contributed by atoms with Gasteiger partial charge in [-0.1, -0.05) is 18.2 Å². The molecule has 0 amide bonds. The summed E-state index contributed by atoms with van der Waals surface area (Å²) in [5, 5.41) is 1.27. The Balaban J connectivity index is 0.00000120. The fraction of sp³-hybridized carbons (Fsp3) is 0.400. The van der Waals surface area contributed by atoms with E-state index in [0.717, 1.165) is 17.9 Å². The molecule has 0 N–H and O–H groups in total. The molecule has 2 nitrogen and oxygen atoms in total. The lowest BCUT2D eigenvalue weighted by atomic mass is 10.1. The molecule has 0 saturated carbocycles. The zero-order chi connectivity index (χ0) is 11.8. The third kappa shape index (κ3) is 2.17. The number of pyridine rings is 1. The molecule has 0 spiro atoms. The number of aromatic nitrogens is 1. The molecule has 0 unspecified atom stereocenters. The molecule has 96 valence electrons. The third-order valence-corrected chi connectivity index (χ3v) is 3.76. The second-order valence-electron chi connectivity index (χ2n) is 5.00. The molecule has 0 radical (unpaired) electrons. The van der Waals surface area contributed by atoms with E-state index in [4.69, 9.17) is 4.98 Å². The fourth-order valence-corrected chi connectivity index (χ4v) is 2.75. The van der Waals surface area contributed by atoms with Gasteiger partial charge in [0.05, 0.1) is 5.52 Å². The average Bonchev–Trinajstić information content (AvgIpc) is 2.75. The first kappa shape index (κ1) is 13.2.